The zero-order valence-corrected chi connectivity index (χ0v) is 19.8. The van der Waals surface area contributed by atoms with Crippen LogP contribution in [0, 0.1) is 0 Å². The van der Waals surface area contributed by atoms with Gasteiger partial charge in [-0.05, 0) is 26.8 Å². The predicted molar refractivity (Wildman–Crippen MR) is 120 cm³/mol. The van der Waals surface area contributed by atoms with Crippen molar-refractivity contribution in [1.29, 1.82) is 0 Å². The molecule has 0 saturated carbocycles. The summed E-state index contributed by atoms with van der Waals surface area (Å²) in [4.78, 5) is 49.6. The van der Waals surface area contributed by atoms with Crippen molar-refractivity contribution in [3.05, 3.63) is 47.7 Å². The number of esters is 1. The highest BCUT2D eigenvalue weighted by Gasteiger charge is 2.54. The summed E-state index contributed by atoms with van der Waals surface area (Å²) in [6, 6.07) is 5.63. The molecule has 2 amide bonds. The summed E-state index contributed by atoms with van der Waals surface area (Å²) in [6.45, 7) is 4.49. The van der Waals surface area contributed by atoms with Crippen molar-refractivity contribution < 1.29 is 47.8 Å². The van der Waals surface area contributed by atoms with Gasteiger partial charge in [0.1, 0.15) is 18.9 Å². The molecule has 3 rings (SSSR count). The van der Waals surface area contributed by atoms with Gasteiger partial charge in [-0.1, -0.05) is 23.4 Å². The van der Waals surface area contributed by atoms with E-state index in [1.807, 2.05) is 0 Å². The van der Waals surface area contributed by atoms with E-state index in [1.165, 1.54) is 38.4 Å². The van der Waals surface area contributed by atoms with E-state index in [-0.39, 0.29) is 41.9 Å². The Balaban J connectivity index is 1.84. The van der Waals surface area contributed by atoms with Gasteiger partial charge in [-0.3, -0.25) is 10.1 Å². The van der Waals surface area contributed by atoms with Crippen LogP contribution in [-0.2, 0) is 18.9 Å². The minimum atomic E-state index is -1.03. The minimum Gasteiger partial charge on any atom is -0.449 e. The topological polar surface area (TPSA) is 150 Å². The summed E-state index contributed by atoms with van der Waals surface area (Å²) in [5.74, 6) is -1.13. The maximum atomic E-state index is 13.0. The molecule has 2 aliphatic heterocycles. The third kappa shape index (κ3) is 5.84. The van der Waals surface area contributed by atoms with Crippen LogP contribution in [0.3, 0.4) is 0 Å². The van der Waals surface area contributed by atoms with Crippen LogP contribution in [0.1, 0.15) is 47.9 Å². The van der Waals surface area contributed by atoms with Gasteiger partial charge in [0.25, 0.3) is 0 Å². The fraction of sp³-hybridized carbons (Fsp3) is 0.435. The Labute approximate surface area is 201 Å². The van der Waals surface area contributed by atoms with Crippen LogP contribution in [0.5, 0.6) is 0 Å². The number of carbonyl (C=O) groups is 4. The van der Waals surface area contributed by atoms with Gasteiger partial charge in [-0.2, -0.15) is 4.48 Å². The van der Waals surface area contributed by atoms with E-state index in [2.05, 4.69) is 10.5 Å². The van der Waals surface area contributed by atoms with Gasteiger partial charge < -0.3 is 24.2 Å². The van der Waals surface area contributed by atoms with E-state index in [9.17, 15) is 19.2 Å². The SMILES string of the molecule is CC(=O)c1ccccc1C(=O)O[C@@H]1C[C@@H](COC(=O)OC(C)C)O[C@H]1[N+]1(C)C=C/C(=N\O)NC1=O. The fourth-order valence-electron chi connectivity index (χ4n) is 3.78. The maximum absolute atomic E-state index is 13.0. The molecular weight excluding hydrogens is 462 g/mol. The van der Waals surface area contributed by atoms with Crippen molar-refractivity contribution in [2.24, 2.45) is 5.16 Å². The third-order valence-corrected chi connectivity index (χ3v) is 5.50. The number of amidine groups is 1. The smallest absolute Gasteiger partial charge is 0.449 e. The molecule has 35 heavy (non-hydrogen) atoms. The molecule has 0 aromatic heterocycles. The lowest BCUT2D eigenvalue weighted by Gasteiger charge is -2.36. The van der Waals surface area contributed by atoms with Crippen LogP contribution in [0.15, 0.2) is 41.7 Å². The first-order chi connectivity index (χ1) is 16.5. The summed E-state index contributed by atoms with van der Waals surface area (Å²) < 4.78 is 21.3. The normalized spacial score (nSPS) is 26.9. The molecule has 1 aromatic rings. The summed E-state index contributed by atoms with van der Waals surface area (Å²) >= 11 is 0. The molecule has 12 heteroatoms. The van der Waals surface area contributed by atoms with E-state index < -0.39 is 41.1 Å². The Morgan fingerprint density at radius 3 is 2.54 bits per heavy atom. The number of rotatable bonds is 7. The third-order valence-electron chi connectivity index (χ3n) is 5.50. The zero-order chi connectivity index (χ0) is 25.8. The van der Waals surface area contributed by atoms with E-state index in [4.69, 9.17) is 24.2 Å². The summed E-state index contributed by atoms with van der Waals surface area (Å²) in [6.07, 6.45) is -1.05. The number of amides is 2. The number of quaternary nitrogens is 1. The average molecular weight is 490 g/mol. The molecule has 1 aromatic carbocycles. The van der Waals surface area contributed by atoms with Crippen molar-refractivity contribution >= 4 is 29.8 Å². The minimum absolute atomic E-state index is 0.0659. The second kappa shape index (κ2) is 10.7. The van der Waals surface area contributed by atoms with Gasteiger partial charge in [0.05, 0.1) is 18.7 Å². The fourth-order valence-corrected chi connectivity index (χ4v) is 3.78. The van der Waals surface area contributed by atoms with Gasteiger partial charge in [0, 0.05) is 18.1 Å². The summed E-state index contributed by atoms with van der Waals surface area (Å²) in [5, 5.41) is 14.4. The van der Waals surface area contributed by atoms with Gasteiger partial charge in [0.2, 0.25) is 6.23 Å². The quantitative estimate of drug-likeness (QED) is 0.193. The molecule has 2 N–H and O–H groups in total. The number of urea groups is 1. The molecule has 1 fully saturated rings. The number of hydrogen-bond donors (Lipinski definition) is 2. The number of nitrogens with one attached hydrogen (secondary N) is 1. The van der Waals surface area contributed by atoms with E-state index in [1.54, 1.807) is 26.0 Å². The predicted octanol–water partition coefficient (Wildman–Crippen LogP) is 2.56. The Morgan fingerprint density at radius 2 is 1.94 bits per heavy atom. The second-order valence-electron chi connectivity index (χ2n) is 8.54. The van der Waals surface area contributed by atoms with Crippen LogP contribution >= 0.6 is 0 Å². The number of hydrogen-bond acceptors (Lipinski definition) is 10. The molecule has 2 aliphatic rings. The molecule has 12 nitrogen and oxygen atoms in total. The number of benzene rings is 1. The molecule has 0 radical (unpaired) electrons. The number of nitrogens with zero attached hydrogens (tertiary/aromatic N) is 2. The van der Waals surface area contributed by atoms with Gasteiger partial charge >= 0.3 is 18.2 Å². The Bertz CT molecular complexity index is 1070. The molecule has 188 valence electrons. The summed E-state index contributed by atoms with van der Waals surface area (Å²) in [5.41, 5.74) is 0.277. The van der Waals surface area contributed by atoms with Gasteiger partial charge in [-0.25, -0.2) is 14.4 Å². The highest BCUT2D eigenvalue weighted by Crippen LogP contribution is 2.33. The second-order valence-corrected chi connectivity index (χ2v) is 8.54. The zero-order valence-electron chi connectivity index (χ0n) is 19.8. The van der Waals surface area contributed by atoms with Crippen molar-refractivity contribution in [2.45, 2.75) is 51.7 Å². The van der Waals surface area contributed by atoms with Crippen LogP contribution in [0.4, 0.5) is 9.59 Å². The Kier molecular flexibility index (Phi) is 7.87. The lowest BCUT2D eigenvalue weighted by atomic mass is 10.0. The van der Waals surface area contributed by atoms with Crippen LogP contribution in [0.2, 0.25) is 0 Å². The highest BCUT2D eigenvalue weighted by molar-refractivity contribution is 6.05. The van der Waals surface area contributed by atoms with Gasteiger partial charge in [-0.15, -0.1) is 0 Å². The number of Topliss-reactive ketones (excluding diaryl/α,β-unsaturated/α-hetero) is 1. The average Bonchev–Trinajstić information content (AvgIpc) is 3.22. The van der Waals surface area contributed by atoms with E-state index in [0.29, 0.717) is 0 Å². The number of ketones is 1. The van der Waals surface area contributed by atoms with Crippen LogP contribution in [-0.4, -0.2) is 77.7 Å². The molecule has 1 unspecified atom stereocenters. The van der Waals surface area contributed by atoms with Crippen molar-refractivity contribution in [3.63, 3.8) is 0 Å². The van der Waals surface area contributed by atoms with Gasteiger partial charge in [0.15, 0.2) is 17.7 Å². The molecular formula is C23H28N3O9+. The number of carbonyl (C=O) groups excluding carboxylic acids is 4. The van der Waals surface area contributed by atoms with Crippen LogP contribution in [0.25, 0.3) is 0 Å². The van der Waals surface area contributed by atoms with Crippen molar-refractivity contribution in [2.75, 3.05) is 13.7 Å². The van der Waals surface area contributed by atoms with Crippen molar-refractivity contribution in [3.8, 4) is 0 Å². The van der Waals surface area contributed by atoms with E-state index in [0.717, 1.165) is 0 Å². The first-order valence-electron chi connectivity index (χ1n) is 10.9. The first kappa shape index (κ1) is 25.8. The molecule has 0 bridgehead atoms. The lowest BCUT2D eigenvalue weighted by molar-refractivity contribution is -0.835. The molecule has 4 atom stereocenters. The number of oxime groups is 1. The molecule has 0 aliphatic carbocycles. The Morgan fingerprint density at radius 1 is 1.26 bits per heavy atom. The monoisotopic (exact) mass is 490 g/mol. The highest BCUT2D eigenvalue weighted by atomic mass is 16.7. The first-order valence-corrected chi connectivity index (χ1v) is 10.9. The standard InChI is InChI=1S/C23H27N3O9/c1-13(2)33-23(30)32-12-15-11-18(35-21(28)17-8-6-5-7-16(17)14(3)27)20(34-15)26(4)10-9-19(25-31)24-22(26)29/h5-10,13,15,18,20H,11-12H2,1-4H3,(H-,24,25,27,28,29,31)/p+1/t15-,18+,20+,26?/m0/s1. The van der Waals surface area contributed by atoms with Crippen molar-refractivity contribution in [1.82, 2.24) is 5.32 Å². The molecule has 1 saturated heterocycles. The Hall–Kier alpha value is -3.77. The molecule has 0 spiro atoms. The largest absolute Gasteiger partial charge is 0.508 e. The maximum Gasteiger partial charge on any atom is 0.508 e. The number of likely N-dealkylation sites (N-methyl/N-ethyl adjacent to an activating group) is 1. The lowest BCUT2D eigenvalue weighted by Crippen LogP contribution is -2.63. The molecule has 2 heterocycles. The van der Waals surface area contributed by atoms with E-state index >= 15 is 0 Å². The number of ether oxygens (including phenoxy) is 4. The summed E-state index contributed by atoms with van der Waals surface area (Å²) in [7, 11) is 1.52. The van der Waals surface area contributed by atoms with Crippen LogP contribution < -0.4 is 5.32 Å².